The lowest BCUT2D eigenvalue weighted by Crippen LogP contribution is -2.29. The number of hydrogen-bond acceptors (Lipinski definition) is 2. The van der Waals surface area contributed by atoms with Crippen LogP contribution >= 0.6 is 0 Å². The molecule has 0 bridgehead atoms. The van der Waals surface area contributed by atoms with Gasteiger partial charge in [-0.3, -0.25) is 4.79 Å². The Morgan fingerprint density at radius 3 is 2.95 bits per heavy atom. The quantitative estimate of drug-likeness (QED) is 0.885. The fourth-order valence-electron chi connectivity index (χ4n) is 2.67. The van der Waals surface area contributed by atoms with Gasteiger partial charge in [0.05, 0.1) is 7.11 Å². The molecule has 0 radical (unpaired) electrons. The Morgan fingerprint density at radius 2 is 2.26 bits per heavy atom. The second kappa shape index (κ2) is 6.09. The third-order valence-electron chi connectivity index (χ3n) is 3.87. The van der Waals surface area contributed by atoms with Gasteiger partial charge in [0.2, 0.25) is 5.91 Å². The predicted octanol–water partition coefficient (Wildman–Crippen LogP) is 2.89. The minimum absolute atomic E-state index is 0.0657. The Bertz CT molecular complexity index is 454. The number of methoxy groups -OCH3 is 1. The largest absolute Gasteiger partial charge is 0.497 e. The maximum Gasteiger partial charge on any atom is 0.222 e. The van der Waals surface area contributed by atoms with Crippen LogP contribution in [0, 0.1) is 5.92 Å². The molecule has 1 aliphatic rings. The summed E-state index contributed by atoms with van der Waals surface area (Å²) in [4.78, 5) is 11.5. The molecule has 19 heavy (non-hydrogen) atoms. The average Bonchev–Trinajstić information content (AvgIpc) is 2.81. The summed E-state index contributed by atoms with van der Waals surface area (Å²) in [6, 6.07) is 6.35. The molecule has 1 aromatic rings. The predicted molar refractivity (Wildman–Crippen MR) is 76.5 cm³/mol. The standard InChI is InChI=1S/C16H23NO2/c1-11(2)16(18)17-9-8-13-5-4-12-6-7-14(19-3)10-15(12)13/h6-7,10-11,13H,4-5,8-9H2,1-3H3,(H,17,18)/t13-/m1/s1. The van der Waals surface area contributed by atoms with Gasteiger partial charge in [-0.25, -0.2) is 0 Å². The number of benzene rings is 1. The van der Waals surface area contributed by atoms with Crippen LogP contribution in [0.2, 0.25) is 0 Å². The highest BCUT2D eigenvalue weighted by Gasteiger charge is 2.22. The maximum absolute atomic E-state index is 11.5. The number of carbonyl (C=O) groups is 1. The molecule has 3 nitrogen and oxygen atoms in total. The van der Waals surface area contributed by atoms with Gasteiger partial charge in [0.1, 0.15) is 5.75 Å². The number of fused-ring (bicyclic) bond motifs is 1. The maximum atomic E-state index is 11.5. The Labute approximate surface area is 115 Å². The zero-order valence-corrected chi connectivity index (χ0v) is 12.0. The molecule has 2 rings (SSSR count). The molecule has 1 aliphatic carbocycles. The molecule has 1 N–H and O–H groups in total. The summed E-state index contributed by atoms with van der Waals surface area (Å²) in [6.07, 6.45) is 3.33. The number of ether oxygens (including phenoxy) is 1. The van der Waals surface area contributed by atoms with Crippen molar-refractivity contribution < 1.29 is 9.53 Å². The first kappa shape index (κ1) is 13.9. The molecule has 104 valence electrons. The van der Waals surface area contributed by atoms with Gasteiger partial charge in [0, 0.05) is 12.5 Å². The average molecular weight is 261 g/mol. The molecule has 0 heterocycles. The molecule has 1 aromatic carbocycles. The highest BCUT2D eigenvalue weighted by Crippen LogP contribution is 2.37. The fraction of sp³-hybridized carbons (Fsp3) is 0.562. The second-order valence-corrected chi connectivity index (χ2v) is 5.53. The third-order valence-corrected chi connectivity index (χ3v) is 3.87. The van der Waals surface area contributed by atoms with E-state index in [0.717, 1.165) is 25.1 Å². The summed E-state index contributed by atoms with van der Waals surface area (Å²) in [5, 5.41) is 3.00. The van der Waals surface area contributed by atoms with Gasteiger partial charge >= 0.3 is 0 Å². The Morgan fingerprint density at radius 1 is 1.47 bits per heavy atom. The van der Waals surface area contributed by atoms with Crippen molar-refractivity contribution in [1.82, 2.24) is 5.32 Å². The van der Waals surface area contributed by atoms with E-state index < -0.39 is 0 Å². The Kier molecular flexibility index (Phi) is 4.46. The molecule has 0 saturated heterocycles. The number of rotatable bonds is 5. The van der Waals surface area contributed by atoms with Crippen LogP contribution in [-0.4, -0.2) is 19.6 Å². The van der Waals surface area contributed by atoms with E-state index in [2.05, 4.69) is 17.4 Å². The summed E-state index contributed by atoms with van der Waals surface area (Å²) in [7, 11) is 1.70. The monoisotopic (exact) mass is 261 g/mol. The second-order valence-electron chi connectivity index (χ2n) is 5.53. The van der Waals surface area contributed by atoms with Crippen molar-refractivity contribution in [2.75, 3.05) is 13.7 Å². The van der Waals surface area contributed by atoms with Crippen LogP contribution in [0.25, 0.3) is 0 Å². The molecule has 0 spiro atoms. The molecule has 3 heteroatoms. The number of carbonyl (C=O) groups excluding carboxylic acids is 1. The van der Waals surface area contributed by atoms with Crippen LogP contribution in [0.5, 0.6) is 5.75 Å². The van der Waals surface area contributed by atoms with E-state index in [1.165, 1.54) is 17.5 Å². The Balaban J connectivity index is 1.93. The summed E-state index contributed by atoms with van der Waals surface area (Å²) in [5.41, 5.74) is 2.83. The van der Waals surface area contributed by atoms with E-state index in [-0.39, 0.29) is 11.8 Å². The first-order valence-corrected chi connectivity index (χ1v) is 7.06. The zero-order chi connectivity index (χ0) is 13.8. The van der Waals surface area contributed by atoms with E-state index in [0.29, 0.717) is 5.92 Å². The summed E-state index contributed by atoms with van der Waals surface area (Å²) in [5.74, 6) is 1.69. The van der Waals surface area contributed by atoms with Crippen molar-refractivity contribution in [3.8, 4) is 5.75 Å². The first-order chi connectivity index (χ1) is 9.11. The van der Waals surface area contributed by atoms with E-state index >= 15 is 0 Å². The van der Waals surface area contributed by atoms with Crippen LogP contribution < -0.4 is 10.1 Å². The lowest BCUT2D eigenvalue weighted by Gasteiger charge is -2.14. The third kappa shape index (κ3) is 3.28. The molecule has 0 aromatic heterocycles. The fourth-order valence-corrected chi connectivity index (χ4v) is 2.67. The minimum Gasteiger partial charge on any atom is -0.497 e. The van der Waals surface area contributed by atoms with Gasteiger partial charge in [0.25, 0.3) is 0 Å². The highest BCUT2D eigenvalue weighted by molar-refractivity contribution is 5.77. The molecule has 0 aliphatic heterocycles. The molecule has 1 atom stereocenters. The topological polar surface area (TPSA) is 38.3 Å². The van der Waals surface area contributed by atoms with Crippen molar-refractivity contribution in [3.63, 3.8) is 0 Å². The molecule has 0 unspecified atom stereocenters. The van der Waals surface area contributed by atoms with Gasteiger partial charge in [-0.15, -0.1) is 0 Å². The van der Waals surface area contributed by atoms with Gasteiger partial charge in [0.15, 0.2) is 0 Å². The van der Waals surface area contributed by atoms with Gasteiger partial charge in [-0.05, 0) is 48.4 Å². The van der Waals surface area contributed by atoms with Crippen molar-refractivity contribution in [2.45, 2.75) is 39.0 Å². The smallest absolute Gasteiger partial charge is 0.222 e. The van der Waals surface area contributed by atoms with Crippen molar-refractivity contribution in [3.05, 3.63) is 29.3 Å². The molecule has 1 amide bonds. The van der Waals surface area contributed by atoms with Gasteiger partial charge in [-0.2, -0.15) is 0 Å². The lowest BCUT2D eigenvalue weighted by atomic mass is 9.97. The minimum atomic E-state index is 0.0657. The summed E-state index contributed by atoms with van der Waals surface area (Å²) >= 11 is 0. The van der Waals surface area contributed by atoms with Crippen molar-refractivity contribution >= 4 is 5.91 Å². The van der Waals surface area contributed by atoms with Gasteiger partial charge in [-0.1, -0.05) is 19.9 Å². The van der Waals surface area contributed by atoms with Crippen LogP contribution in [0.3, 0.4) is 0 Å². The van der Waals surface area contributed by atoms with Gasteiger partial charge < -0.3 is 10.1 Å². The van der Waals surface area contributed by atoms with Crippen LogP contribution in [0.4, 0.5) is 0 Å². The number of hydrogen-bond donors (Lipinski definition) is 1. The Hall–Kier alpha value is -1.51. The SMILES string of the molecule is COc1ccc2c(c1)[C@@H](CCNC(=O)C(C)C)CC2. The van der Waals surface area contributed by atoms with E-state index in [4.69, 9.17) is 4.74 Å². The van der Waals surface area contributed by atoms with Crippen LogP contribution in [-0.2, 0) is 11.2 Å². The molecule has 0 fully saturated rings. The van der Waals surface area contributed by atoms with E-state index in [9.17, 15) is 4.79 Å². The molecular formula is C16H23NO2. The molecule has 0 saturated carbocycles. The van der Waals surface area contributed by atoms with Crippen LogP contribution in [0.1, 0.15) is 43.7 Å². The van der Waals surface area contributed by atoms with E-state index in [1.807, 2.05) is 19.9 Å². The number of nitrogens with one attached hydrogen (secondary N) is 1. The van der Waals surface area contributed by atoms with E-state index in [1.54, 1.807) is 7.11 Å². The zero-order valence-electron chi connectivity index (χ0n) is 12.0. The molecular weight excluding hydrogens is 238 g/mol. The number of aryl methyl sites for hydroxylation is 1. The first-order valence-electron chi connectivity index (χ1n) is 7.06. The normalized spacial score (nSPS) is 17.4. The number of amides is 1. The van der Waals surface area contributed by atoms with Crippen molar-refractivity contribution in [2.24, 2.45) is 5.92 Å². The van der Waals surface area contributed by atoms with Crippen molar-refractivity contribution in [1.29, 1.82) is 0 Å². The summed E-state index contributed by atoms with van der Waals surface area (Å²) in [6.45, 7) is 4.61. The summed E-state index contributed by atoms with van der Waals surface area (Å²) < 4.78 is 5.29. The highest BCUT2D eigenvalue weighted by atomic mass is 16.5. The lowest BCUT2D eigenvalue weighted by molar-refractivity contribution is -0.123. The van der Waals surface area contributed by atoms with Crippen LogP contribution in [0.15, 0.2) is 18.2 Å².